The first-order valence-electron chi connectivity index (χ1n) is 6.72. The zero-order valence-electron chi connectivity index (χ0n) is 11.1. The van der Waals surface area contributed by atoms with Crippen molar-refractivity contribution in [1.82, 2.24) is 14.8 Å². The molecule has 1 aliphatic rings. The molecule has 3 heterocycles. The Morgan fingerprint density at radius 2 is 2.53 bits per heavy atom. The largest absolute Gasteiger partial charge is 0.374 e. The predicted molar refractivity (Wildman–Crippen MR) is 76.1 cm³/mol. The molecule has 0 saturated carbocycles. The van der Waals surface area contributed by atoms with Crippen LogP contribution in [0, 0.1) is 0 Å². The van der Waals surface area contributed by atoms with E-state index >= 15 is 0 Å². The Bertz CT molecular complexity index is 515. The van der Waals surface area contributed by atoms with Gasteiger partial charge in [-0.15, -0.1) is 11.3 Å². The summed E-state index contributed by atoms with van der Waals surface area (Å²) in [4.78, 5) is 5.65. The van der Waals surface area contributed by atoms with Gasteiger partial charge in [-0.25, -0.2) is 4.98 Å². The van der Waals surface area contributed by atoms with E-state index in [4.69, 9.17) is 10.6 Å². The van der Waals surface area contributed by atoms with Crippen molar-refractivity contribution in [2.24, 2.45) is 5.84 Å². The van der Waals surface area contributed by atoms with Crippen LogP contribution in [0.1, 0.15) is 31.9 Å². The third-order valence-electron chi connectivity index (χ3n) is 3.99. The first kappa shape index (κ1) is 13.1. The molecule has 1 fully saturated rings. The van der Waals surface area contributed by atoms with Gasteiger partial charge in [0.2, 0.25) is 0 Å². The van der Waals surface area contributed by atoms with Crippen molar-refractivity contribution >= 4 is 16.3 Å². The number of hydrogen-bond donors (Lipinski definition) is 2. The second kappa shape index (κ2) is 5.20. The van der Waals surface area contributed by atoms with Gasteiger partial charge in [0.25, 0.3) is 0 Å². The van der Waals surface area contributed by atoms with Crippen LogP contribution in [-0.4, -0.2) is 27.6 Å². The van der Waals surface area contributed by atoms with Gasteiger partial charge in [0.1, 0.15) is 0 Å². The summed E-state index contributed by atoms with van der Waals surface area (Å²) >= 11 is 1.65. The van der Waals surface area contributed by atoms with Crippen molar-refractivity contribution in [3.8, 4) is 0 Å². The molecule has 0 bridgehead atoms. The van der Waals surface area contributed by atoms with Crippen LogP contribution < -0.4 is 11.3 Å². The molecule has 104 valence electrons. The lowest BCUT2D eigenvalue weighted by molar-refractivity contribution is -0.0886. The molecule has 3 rings (SSSR count). The number of hydrazine groups is 1. The van der Waals surface area contributed by atoms with E-state index in [1.54, 1.807) is 11.3 Å². The first-order chi connectivity index (χ1) is 9.21. The maximum absolute atomic E-state index is 5.97. The molecule has 19 heavy (non-hydrogen) atoms. The average Bonchev–Trinajstić information content (AvgIpc) is 2.97. The Morgan fingerprint density at radius 1 is 1.63 bits per heavy atom. The summed E-state index contributed by atoms with van der Waals surface area (Å²) in [6.45, 7) is 2.97. The number of imidazole rings is 1. The summed E-state index contributed by atoms with van der Waals surface area (Å²) in [6, 6.07) is 0.0948. The van der Waals surface area contributed by atoms with E-state index in [-0.39, 0.29) is 11.6 Å². The van der Waals surface area contributed by atoms with Crippen LogP contribution in [0.3, 0.4) is 0 Å². The van der Waals surface area contributed by atoms with Crippen molar-refractivity contribution in [3.05, 3.63) is 23.5 Å². The molecule has 1 saturated heterocycles. The van der Waals surface area contributed by atoms with Crippen molar-refractivity contribution < 1.29 is 4.74 Å². The third kappa shape index (κ3) is 2.53. The van der Waals surface area contributed by atoms with Crippen molar-refractivity contribution in [1.29, 1.82) is 0 Å². The van der Waals surface area contributed by atoms with Crippen LogP contribution in [0.25, 0.3) is 4.96 Å². The normalized spacial score (nSPS) is 25.8. The highest BCUT2D eigenvalue weighted by atomic mass is 32.1. The van der Waals surface area contributed by atoms with Gasteiger partial charge >= 0.3 is 0 Å². The van der Waals surface area contributed by atoms with Crippen molar-refractivity contribution in [3.63, 3.8) is 0 Å². The van der Waals surface area contributed by atoms with Crippen LogP contribution in [0.5, 0.6) is 0 Å². The third-order valence-corrected chi connectivity index (χ3v) is 4.76. The van der Waals surface area contributed by atoms with E-state index in [0.717, 1.165) is 36.5 Å². The molecule has 5 nitrogen and oxygen atoms in total. The Labute approximate surface area is 116 Å². The monoisotopic (exact) mass is 280 g/mol. The molecule has 0 aromatic carbocycles. The number of nitrogens with two attached hydrogens (primary N) is 1. The maximum Gasteiger partial charge on any atom is 0.193 e. The zero-order valence-corrected chi connectivity index (χ0v) is 11.9. The molecule has 3 N–H and O–H groups in total. The van der Waals surface area contributed by atoms with E-state index in [1.807, 2.05) is 11.6 Å². The van der Waals surface area contributed by atoms with Gasteiger partial charge < -0.3 is 4.74 Å². The predicted octanol–water partition coefficient (Wildman–Crippen LogP) is 1.73. The fourth-order valence-electron chi connectivity index (χ4n) is 2.77. The Morgan fingerprint density at radius 3 is 3.21 bits per heavy atom. The van der Waals surface area contributed by atoms with E-state index in [2.05, 4.69) is 27.9 Å². The maximum atomic E-state index is 5.97. The molecule has 2 aromatic rings. The summed E-state index contributed by atoms with van der Waals surface area (Å²) in [7, 11) is 0. The molecule has 1 aliphatic heterocycles. The van der Waals surface area contributed by atoms with Crippen LogP contribution in [0.4, 0.5) is 0 Å². The number of ether oxygens (including phenoxy) is 1. The van der Waals surface area contributed by atoms with Crippen molar-refractivity contribution in [2.75, 3.05) is 6.61 Å². The number of nitrogens with one attached hydrogen (secondary N) is 1. The van der Waals surface area contributed by atoms with Gasteiger partial charge in [-0.05, 0) is 26.2 Å². The lowest BCUT2D eigenvalue weighted by atomic mass is 9.86. The van der Waals surface area contributed by atoms with Crippen LogP contribution in [0.15, 0.2) is 17.8 Å². The van der Waals surface area contributed by atoms with Crippen LogP contribution in [-0.2, 0) is 11.2 Å². The molecule has 0 amide bonds. The summed E-state index contributed by atoms with van der Waals surface area (Å²) in [5.41, 5.74) is 3.80. The van der Waals surface area contributed by atoms with Gasteiger partial charge in [-0.2, -0.15) is 0 Å². The Hall–Kier alpha value is -0.950. The summed E-state index contributed by atoms with van der Waals surface area (Å²) in [6.07, 6.45) is 8.29. The average molecular weight is 280 g/mol. The first-order valence-corrected chi connectivity index (χ1v) is 7.60. The molecule has 2 atom stereocenters. The number of thiazole rings is 1. The van der Waals surface area contributed by atoms with Crippen LogP contribution in [0.2, 0.25) is 0 Å². The minimum atomic E-state index is -0.190. The minimum Gasteiger partial charge on any atom is -0.374 e. The Balaban J connectivity index is 1.77. The van der Waals surface area contributed by atoms with E-state index in [0.29, 0.717) is 0 Å². The van der Waals surface area contributed by atoms with E-state index in [1.165, 1.54) is 6.42 Å². The standard InChI is InChI=1S/C13H20N4OS/c1-13(4-2-3-6-18-13)11(16-14)8-10-9-17-5-7-19-12(17)15-10/h5,7,9,11,16H,2-4,6,8,14H2,1H3. The summed E-state index contributed by atoms with van der Waals surface area (Å²) < 4.78 is 8.02. The van der Waals surface area contributed by atoms with Gasteiger partial charge in [-0.3, -0.25) is 15.7 Å². The molecule has 2 aromatic heterocycles. The quantitative estimate of drug-likeness (QED) is 0.661. The SMILES string of the molecule is CC1(C(Cc2cn3ccsc3n2)NN)CCCCO1. The number of fused-ring (bicyclic) bond motifs is 1. The topological polar surface area (TPSA) is 64.6 Å². The second-order valence-electron chi connectivity index (χ2n) is 5.37. The second-order valence-corrected chi connectivity index (χ2v) is 6.24. The fourth-order valence-corrected chi connectivity index (χ4v) is 3.48. The molecule has 0 radical (unpaired) electrons. The summed E-state index contributed by atoms with van der Waals surface area (Å²) in [5, 5.41) is 2.04. The number of rotatable bonds is 4. The Kier molecular flexibility index (Phi) is 3.58. The highest BCUT2D eigenvalue weighted by Gasteiger charge is 2.36. The van der Waals surface area contributed by atoms with Gasteiger partial charge in [0, 0.05) is 30.8 Å². The lowest BCUT2D eigenvalue weighted by Crippen LogP contribution is -2.55. The number of aromatic nitrogens is 2. The van der Waals surface area contributed by atoms with Gasteiger partial charge in [-0.1, -0.05) is 0 Å². The van der Waals surface area contributed by atoms with E-state index < -0.39 is 0 Å². The minimum absolute atomic E-state index is 0.0948. The molecule has 0 aliphatic carbocycles. The molecule has 6 heteroatoms. The highest BCUT2D eigenvalue weighted by molar-refractivity contribution is 7.15. The van der Waals surface area contributed by atoms with Crippen LogP contribution >= 0.6 is 11.3 Å². The number of nitrogens with zero attached hydrogens (tertiary/aromatic N) is 2. The summed E-state index contributed by atoms with van der Waals surface area (Å²) in [5.74, 6) is 5.74. The van der Waals surface area contributed by atoms with Crippen molar-refractivity contribution in [2.45, 2.75) is 44.2 Å². The molecule has 2 unspecified atom stereocenters. The van der Waals surface area contributed by atoms with Gasteiger partial charge in [0.05, 0.1) is 17.3 Å². The fraction of sp³-hybridized carbons (Fsp3) is 0.615. The molecular formula is C13H20N4OS. The molecule has 0 spiro atoms. The smallest absolute Gasteiger partial charge is 0.193 e. The number of hydrogen-bond acceptors (Lipinski definition) is 5. The lowest BCUT2D eigenvalue weighted by Gasteiger charge is -2.40. The zero-order chi connectivity index (χ0) is 13.3. The van der Waals surface area contributed by atoms with E-state index in [9.17, 15) is 0 Å². The molecular weight excluding hydrogens is 260 g/mol. The highest BCUT2D eigenvalue weighted by Crippen LogP contribution is 2.29. The van der Waals surface area contributed by atoms with Gasteiger partial charge in [0.15, 0.2) is 4.96 Å².